The van der Waals surface area contributed by atoms with Gasteiger partial charge in [-0.3, -0.25) is 9.59 Å². The van der Waals surface area contributed by atoms with Crippen LogP contribution in [0.1, 0.15) is 38.7 Å². The molecule has 0 saturated heterocycles. The molecule has 0 aliphatic heterocycles. The van der Waals surface area contributed by atoms with E-state index in [1.807, 2.05) is 31.2 Å². The third-order valence-electron chi connectivity index (χ3n) is 4.85. The highest BCUT2D eigenvalue weighted by molar-refractivity contribution is 6.30. The number of amides is 2. The lowest BCUT2D eigenvalue weighted by Crippen LogP contribution is -2.47. The van der Waals surface area contributed by atoms with Gasteiger partial charge in [0.05, 0.1) is 13.7 Å². The number of carbonyl (C=O) groups excluding carboxylic acids is 2. The van der Waals surface area contributed by atoms with Crippen LogP contribution in [0, 0.1) is 0 Å². The Kier molecular flexibility index (Phi) is 10.2. The van der Waals surface area contributed by atoms with Crippen molar-refractivity contribution in [3.05, 3.63) is 59.1 Å². The van der Waals surface area contributed by atoms with E-state index in [2.05, 4.69) is 5.32 Å². The first kappa shape index (κ1) is 24.5. The van der Waals surface area contributed by atoms with Crippen LogP contribution in [0.4, 0.5) is 0 Å². The number of hydrogen-bond donors (Lipinski definition) is 1. The lowest BCUT2D eigenvalue weighted by atomic mass is 10.1. The molecule has 2 aromatic carbocycles. The zero-order valence-electron chi connectivity index (χ0n) is 18.4. The van der Waals surface area contributed by atoms with E-state index in [1.54, 1.807) is 43.2 Å². The number of ether oxygens (including phenoxy) is 2. The van der Waals surface area contributed by atoms with Gasteiger partial charge in [0.25, 0.3) is 0 Å². The summed E-state index contributed by atoms with van der Waals surface area (Å²) in [4.78, 5) is 27.1. The lowest BCUT2D eigenvalue weighted by molar-refractivity contribution is -0.140. The fraction of sp³-hybridized carbons (Fsp3) is 0.417. The summed E-state index contributed by atoms with van der Waals surface area (Å²) in [6.45, 7) is 5.09. The maximum absolute atomic E-state index is 13.0. The van der Waals surface area contributed by atoms with Gasteiger partial charge in [0, 0.05) is 24.5 Å². The van der Waals surface area contributed by atoms with Gasteiger partial charge in [0.15, 0.2) is 0 Å². The standard InChI is InChI=1S/C24H31ClN2O4/c1-4-15-26-24(29)18(2)27(17-19-7-11-21(30-3)12-8-19)23(28)6-5-16-31-22-13-9-20(25)10-14-22/h7-14,18H,4-6,15-17H2,1-3H3,(H,26,29)/t18-/m1/s1. The molecule has 0 saturated carbocycles. The van der Waals surface area contributed by atoms with Crippen LogP contribution in [0.5, 0.6) is 11.5 Å². The first-order valence-corrected chi connectivity index (χ1v) is 10.9. The molecule has 1 N–H and O–H groups in total. The Bertz CT molecular complexity index is 824. The molecule has 7 heteroatoms. The molecule has 0 radical (unpaired) electrons. The second-order valence-electron chi connectivity index (χ2n) is 7.24. The monoisotopic (exact) mass is 446 g/mol. The summed E-state index contributed by atoms with van der Waals surface area (Å²) in [7, 11) is 1.61. The normalized spacial score (nSPS) is 11.5. The summed E-state index contributed by atoms with van der Waals surface area (Å²) in [6, 6.07) is 14.0. The molecule has 0 heterocycles. The smallest absolute Gasteiger partial charge is 0.242 e. The molecule has 0 aliphatic rings. The molecule has 2 aromatic rings. The molecule has 0 spiro atoms. The number of halogens is 1. The molecule has 0 aromatic heterocycles. The third kappa shape index (κ3) is 8.13. The Labute approximate surface area is 189 Å². The van der Waals surface area contributed by atoms with Gasteiger partial charge in [-0.1, -0.05) is 30.7 Å². The van der Waals surface area contributed by atoms with E-state index in [9.17, 15) is 9.59 Å². The van der Waals surface area contributed by atoms with Crippen LogP contribution in [-0.4, -0.2) is 43.0 Å². The number of rotatable bonds is 12. The zero-order chi connectivity index (χ0) is 22.6. The van der Waals surface area contributed by atoms with Gasteiger partial charge in [-0.05, 0) is 61.7 Å². The highest BCUT2D eigenvalue weighted by atomic mass is 35.5. The van der Waals surface area contributed by atoms with E-state index < -0.39 is 6.04 Å². The summed E-state index contributed by atoms with van der Waals surface area (Å²) in [5, 5.41) is 3.52. The average molecular weight is 447 g/mol. The Hall–Kier alpha value is -2.73. The van der Waals surface area contributed by atoms with Crippen molar-refractivity contribution in [2.75, 3.05) is 20.3 Å². The second kappa shape index (κ2) is 12.8. The van der Waals surface area contributed by atoms with Crippen molar-refractivity contribution in [3.63, 3.8) is 0 Å². The molecular formula is C24H31ClN2O4. The van der Waals surface area contributed by atoms with E-state index in [1.165, 1.54) is 0 Å². The molecule has 0 bridgehead atoms. The Morgan fingerprint density at radius 1 is 1.06 bits per heavy atom. The van der Waals surface area contributed by atoms with Crippen LogP contribution in [0.15, 0.2) is 48.5 Å². The number of methoxy groups -OCH3 is 1. The minimum Gasteiger partial charge on any atom is -0.497 e. The fourth-order valence-corrected chi connectivity index (χ4v) is 3.12. The van der Waals surface area contributed by atoms with E-state index in [0.29, 0.717) is 36.9 Å². The fourth-order valence-electron chi connectivity index (χ4n) is 2.99. The molecule has 1 atom stereocenters. The molecule has 168 valence electrons. The van der Waals surface area contributed by atoms with Crippen molar-refractivity contribution in [1.82, 2.24) is 10.2 Å². The molecule has 0 unspecified atom stereocenters. The zero-order valence-corrected chi connectivity index (χ0v) is 19.2. The molecule has 2 rings (SSSR count). The second-order valence-corrected chi connectivity index (χ2v) is 7.68. The Morgan fingerprint density at radius 2 is 1.71 bits per heavy atom. The topological polar surface area (TPSA) is 67.9 Å². The maximum atomic E-state index is 13.0. The van der Waals surface area contributed by atoms with Crippen molar-refractivity contribution >= 4 is 23.4 Å². The van der Waals surface area contributed by atoms with Gasteiger partial charge in [0.2, 0.25) is 11.8 Å². The van der Waals surface area contributed by atoms with Crippen molar-refractivity contribution in [1.29, 1.82) is 0 Å². The number of nitrogens with one attached hydrogen (secondary N) is 1. The maximum Gasteiger partial charge on any atom is 0.242 e. The molecule has 0 fully saturated rings. The Morgan fingerprint density at radius 3 is 2.32 bits per heavy atom. The number of hydrogen-bond acceptors (Lipinski definition) is 4. The van der Waals surface area contributed by atoms with E-state index in [-0.39, 0.29) is 18.2 Å². The third-order valence-corrected chi connectivity index (χ3v) is 5.10. The van der Waals surface area contributed by atoms with Crippen LogP contribution in [-0.2, 0) is 16.1 Å². The van der Waals surface area contributed by atoms with E-state index in [4.69, 9.17) is 21.1 Å². The van der Waals surface area contributed by atoms with Crippen LogP contribution in [0.3, 0.4) is 0 Å². The van der Waals surface area contributed by atoms with Gasteiger partial charge in [0.1, 0.15) is 17.5 Å². The van der Waals surface area contributed by atoms with Crippen molar-refractivity contribution in [3.8, 4) is 11.5 Å². The minimum atomic E-state index is -0.571. The Balaban J connectivity index is 1.98. The quantitative estimate of drug-likeness (QED) is 0.489. The number of nitrogens with zero attached hydrogens (tertiary/aromatic N) is 1. The molecule has 2 amide bonds. The number of benzene rings is 2. The van der Waals surface area contributed by atoms with Crippen molar-refractivity contribution < 1.29 is 19.1 Å². The molecule has 6 nitrogen and oxygen atoms in total. The first-order chi connectivity index (χ1) is 14.9. The van der Waals surface area contributed by atoms with E-state index >= 15 is 0 Å². The van der Waals surface area contributed by atoms with Gasteiger partial charge in [-0.15, -0.1) is 0 Å². The van der Waals surface area contributed by atoms with E-state index in [0.717, 1.165) is 17.7 Å². The first-order valence-electron chi connectivity index (χ1n) is 10.5. The largest absolute Gasteiger partial charge is 0.497 e. The number of carbonyl (C=O) groups is 2. The predicted octanol–water partition coefficient (Wildman–Crippen LogP) is 4.45. The highest BCUT2D eigenvalue weighted by Gasteiger charge is 2.25. The SMILES string of the molecule is CCCNC(=O)[C@@H](C)N(Cc1ccc(OC)cc1)C(=O)CCCOc1ccc(Cl)cc1. The van der Waals surface area contributed by atoms with Gasteiger partial charge >= 0.3 is 0 Å². The molecule has 0 aliphatic carbocycles. The van der Waals surface area contributed by atoms with Crippen LogP contribution in [0.25, 0.3) is 0 Å². The minimum absolute atomic E-state index is 0.0883. The summed E-state index contributed by atoms with van der Waals surface area (Å²) < 4.78 is 10.9. The predicted molar refractivity (Wildman–Crippen MR) is 122 cm³/mol. The highest BCUT2D eigenvalue weighted by Crippen LogP contribution is 2.17. The van der Waals surface area contributed by atoms with Crippen molar-refractivity contribution in [2.45, 2.75) is 45.7 Å². The van der Waals surface area contributed by atoms with Crippen molar-refractivity contribution in [2.24, 2.45) is 0 Å². The summed E-state index contributed by atoms with van der Waals surface area (Å²) in [6.07, 6.45) is 1.67. The molecular weight excluding hydrogens is 416 g/mol. The van der Waals surface area contributed by atoms with Crippen LogP contribution >= 0.6 is 11.6 Å². The lowest BCUT2D eigenvalue weighted by Gasteiger charge is -2.29. The van der Waals surface area contributed by atoms with Crippen LogP contribution in [0.2, 0.25) is 5.02 Å². The summed E-state index contributed by atoms with van der Waals surface area (Å²) in [5.41, 5.74) is 0.932. The summed E-state index contributed by atoms with van der Waals surface area (Å²) in [5.74, 6) is 1.21. The average Bonchev–Trinajstić information content (AvgIpc) is 2.79. The van der Waals surface area contributed by atoms with Crippen LogP contribution < -0.4 is 14.8 Å². The summed E-state index contributed by atoms with van der Waals surface area (Å²) >= 11 is 5.87. The van der Waals surface area contributed by atoms with Gasteiger partial charge < -0.3 is 19.7 Å². The van der Waals surface area contributed by atoms with Gasteiger partial charge in [-0.2, -0.15) is 0 Å². The molecule has 31 heavy (non-hydrogen) atoms. The van der Waals surface area contributed by atoms with Gasteiger partial charge in [-0.25, -0.2) is 0 Å².